The number of nitrogens with zero attached hydrogens (tertiary/aromatic N) is 3. The van der Waals surface area contributed by atoms with Gasteiger partial charge in [-0.2, -0.15) is 9.37 Å². The molecule has 104 valence electrons. The monoisotopic (exact) mass is 298 g/mol. The van der Waals surface area contributed by atoms with Crippen LogP contribution in [-0.4, -0.2) is 21.9 Å². The molecule has 9 heteroatoms. The molecule has 0 aliphatic carbocycles. The van der Waals surface area contributed by atoms with Crippen LogP contribution in [0.2, 0.25) is 5.02 Å². The molecule has 0 saturated heterocycles. The van der Waals surface area contributed by atoms with Crippen LogP contribution in [0, 0.1) is 15.9 Å². The highest BCUT2D eigenvalue weighted by molar-refractivity contribution is 6.30. The molecular formula is C11H8ClFN4O3. The minimum atomic E-state index is -0.849. The molecule has 20 heavy (non-hydrogen) atoms. The smallest absolute Gasteiger partial charge is 0.311 e. The summed E-state index contributed by atoms with van der Waals surface area (Å²) in [6.07, 6.45) is 0.893. The van der Waals surface area contributed by atoms with Crippen molar-refractivity contribution in [1.82, 2.24) is 9.97 Å². The van der Waals surface area contributed by atoms with Crippen molar-refractivity contribution < 1.29 is 14.1 Å². The number of nitro benzene ring substituents is 1. The molecule has 1 N–H and O–H groups in total. The van der Waals surface area contributed by atoms with E-state index in [1.807, 2.05) is 0 Å². The van der Waals surface area contributed by atoms with E-state index in [0.29, 0.717) is 0 Å². The van der Waals surface area contributed by atoms with Crippen LogP contribution < -0.4 is 10.1 Å². The van der Waals surface area contributed by atoms with Crippen molar-refractivity contribution in [1.29, 1.82) is 0 Å². The van der Waals surface area contributed by atoms with Gasteiger partial charge >= 0.3 is 5.69 Å². The molecule has 1 aromatic carbocycles. The van der Waals surface area contributed by atoms with Gasteiger partial charge in [0.05, 0.1) is 11.1 Å². The average molecular weight is 299 g/mol. The fourth-order valence-corrected chi connectivity index (χ4v) is 1.53. The highest BCUT2D eigenvalue weighted by Crippen LogP contribution is 2.33. The Balaban J connectivity index is 2.43. The number of ether oxygens (including phenoxy) is 1. The first-order valence-corrected chi connectivity index (χ1v) is 5.71. The van der Waals surface area contributed by atoms with E-state index in [1.165, 1.54) is 12.1 Å². The number of hydrogen-bond acceptors (Lipinski definition) is 6. The van der Waals surface area contributed by atoms with Crippen molar-refractivity contribution in [3.8, 4) is 11.6 Å². The molecule has 0 spiro atoms. The van der Waals surface area contributed by atoms with Gasteiger partial charge in [0.25, 0.3) is 5.88 Å². The van der Waals surface area contributed by atoms with E-state index in [2.05, 4.69) is 15.3 Å². The molecule has 0 radical (unpaired) electrons. The second-order valence-corrected chi connectivity index (χ2v) is 4.00. The number of halogens is 2. The molecule has 1 aromatic heterocycles. The summed E-state index contributed by atoms with van der Waals surface area (Å²) in [7, 11) is 1.54. The van der Waals surface area contributed by atoms with E-state index in [1.54, 1.807) is 7.05 Å². The molecule has 7 nitrogen and oxygen atoms in total. The highest BCUT2D eigenvalue weighted by atomic mass is 35.5. The number of aromatic nitrogens is 2. The fraction of sp³-hybridized carbons (Fsp3) is 0.0909. The molecule has 0 aliphatic rings. The lowest BCUT2D eigenvalue weighted by Gasteiger charge is -2.07. The first-order valence-electron chi connectivity index (χ1n) is 5.33. The van der Waals surface area contributed by atoms with Gasteiger partial charge in [0, 0.05) is 24.2 Å². The Bertz CT molecular complexity index is 668. The second-order valence-electron chi connectivity index (χ2n) is 3.57. The van der Waals surface area contributed by atoms with Gasteiger partial charge < -0.3 is 10.1 Å². The Morgan fingerprint density at radius 3 is 2.90 bits per heavy atom. The first-order chi connectivity index (χ1) is 9.51. The lowest BCUT2D eigenvalue weighted by atomic mass is 10.3. The van der Waals surface area contributed by atoms with Crippen LogP contribution in [0.25, 0.3) is 0 Å². The average Bonchev–Trinajstić information content (AvgIpc) is 2.41. The molecule has 0 amide bonds. The Morgan fingerprint density at radius 2 is 2.25 bits per heavy atom. The van der Waals surface area contributed by atoms with E-state index in [4.69, 9.17) is 16.3 Å². The van der Waals surface area contributed by atoms with Crippen LogP contribution in [-0.2, 0) is 0 Å². The molecule has 0 fully saturated rings. The number of benzene rings is 1. The predicted molar refractivity (Wildman–Crippen MR) is 69.7 cm³/mol. The van der Waals surface area contributed by atoms with Crippen molar-refractivity contribution in [2.45, 2.75) is 0 Å². The summed E-state index contributed by atoms with van der Waals surface area (Å²) in [5.41, 5.74) is -0.349. The van der Waals surface area contributed by atoms with Crippen LogP contribution in [0.5, 0.6) is 11.6 Å². The summed E-state index contributed by atoms with van der Waals surface area (Å²) in [6, 6.07) is 3.71. The van der Waals surface area contributed by atoms with Crippen LogP contribution in [0.15, 0.2) is 24.4 Å². The van der Waals surface area contributed by atoms with Crippen LogP contribution in [0.3, 0.4) is 0 Å². The Morgan fingerprint density at radius 1 is 1.50 bits per heavy atom. The zero-order chi connectivity index (χ0) is 14.7. The number of nitrogens with one attached hydrogen (secondary N) is 1. The van der Waals surface area contributed by atoms with Gasteiger partial charge in [0.2, 0.25) is 17.5 Å². The van der Waals surface area contributed by atoms with Gasteiger partial charge in [-0.05, 0) is 6.07 Å². The van der Waals surface area contributed by atoms with E-state index in [0.717, 1.165) is 12.3 Å². The highest BCUT2D eigenvalue weighted by Gasteiger charge is 2.19. The molecule has 0 bridgehead atoms. The van der Waals surface area contributed by atoms with Crippen molar-refractivity contribution in [2.24, 2.45) is 0 Å². The predicted octanol–water partition coefficient (Wildman–Crippen LogP) is 3.01. The van der Waals surface area contributed by atoms with E-state index in [9.17, 15) is 14.5 Å². The molecule has 0 atom stereocenters. The SMILES string of the molecule is CNc1ncc(F)c(Oc2cc(Cl)ccc2[N+](=O)[O-])n1. The molecule has 1 heterocycles. The summed E-state index contributed by atoms with van der Waals surface area (Å²) in [6.45, 7) is 0. The van der Waals surface area contributed by atoms with Crippen molar-refractivity contribution in [3.63, 3.8) is 0 Å². The normalized spacial score (nSPS) is 10.2. The Hall–Kier alpha value is -2.48. The first kappa shape index (κ1) is 13.9. The molecule has 2 rings (SSSR count). The molecular weight excluding hydrogens is 291 g/mol. The molecule has 0 unspecified atom stereocenters. The van der Waals surface area contributed by atoms with E-state index in [-0.39, 0.29) is 22.4 Å². The number of rotatable bonds is 4. The fourth-order valence-electron chi connectivity index (χ4n) is 1.37. The lowest BCUT2D eigenvalue weighted by molar-refractivity contribution is -0.385. The summed E-state index contributed by atoms with van der Waals surface area (Å²) in [4.78, 5) is 17.6. The molecule has 0 aliphatic heterocycles. The zero-order valence-corrected chi connectivity index (χ0v) is 10.9. The quantitative estimate of drug-likeness (QED) is 0.689. The maximum atomic E-state index is 13.5. The van der Waals surface area contributed by atoms with Crippen molar-refractivity contribution in [2.75, 3.05) is 12.4 Å². The minimum Gasteiger partial charge on any atom is -0.429 e. The maximum Gasteiger partial charge on any atom is 0.311 e. The zero-order valence-electron chi connectivity index (χ0n) is 10.1. The third-order valence-electron chi connectivity index (χ3n) is 2.26. The van der Waals surface area contributed by atoms with Gasteiger partial charge in [0.15, 0.2) is 0 Å². The van der Waals surface area contributed by atoms with E-state index >= 15 is 0 Å². The maximum absolute atomic E-state index is 13.5. The summed E-state index contributed by atoms with van der Waals surface area (Å²) < 4.78 is 18.7. The second kappa shape index (κ2) is 5.66. The summed E-state index contributed by atoms with van der Waals surface area (Å²) in [5.74, 6) is -1.37. The van der Waals surface area contributed by atoms with Crippen molar-refractivity contribution in [3.05, 3.63) is 45.4 Å². The Labute approximate surface area is 117 Å². The van der Waals surface area contributed by atoms with E-state index < -0.39 is 16.6 Å². The number of anilines is 1. The largest absolute Gasteiger partial charge is 0.429 e. The lowest BCUT2D eigenvalue weighted by Crippen LogP contribution is -2.01. The van der Waals surface area contributed by atoms with Gasteiger partial charge in [-0.3, -0.25) is 10.1 Å². The number of hydrogen-bond donors (Lipinski definition) is 1. The topological polar surface area (TPSA) is 90.2 Å². The van der Waals surface area contributed by atoms with Crippen LogP contribution in [0.4, 0.5) is 16.0 Å². The molecule has 2 aromatic rings. The Kier molecular flexibility index (Phi) is 3.94. The van der Waals surface area contributed by atoms with Crippen molar-refractivity contribution >= 4 is 23.2 Å². The molecule has 0 saturated carbocycles. The van der Waals surface area contributed by atoms with Gasteiger partial charge in [-0.1, -0.05) is 11.6 Å². The standard InChI is InChI=1S/C11H8ClFN4O3/c1-14-11-15-5-7(13)10(16-11)20-9-4-6(12)2-3-8(9)17(18)19/h2-5H,1H3,(H,14,15,16). The van der Waals surface area contributed by atoms with Crippen LogP contribution >= 0.6 is 11.6 Å². The minimum absolute atomic E-state index is 0.117. The number of nitro groups is 1. The third-order valence-corrected chi connectivity index (χ3v) is 2.50. The summed E-state index contributed by atoms with van der Waals surface area (Å²) >= 11 is 5.74. The summed E-state index contributed by atoms with van der Waals surface area (Å²) in [5, 5.41) is 13.7. The van der Waals surface area contributed by atoms with Gasteiger partial charge in [-0.25, -0.2) is 4.98 Å². The van der Waals surface area contributed by atoms with Crippen LogP contribution in [0.1, 0.15) is 0 Å². The van der Waals surface area contributed by atoms with Gasteiger partial charge in [-0.15, -0.1) is 0 Å². The van der Waals surface area contributed by atoms with Gasteiger partial charge in [0.1, 0.15) is 0 Å². The third kappa shape index (κ3) is 2.91.